The van der Waals surface area contributed by atoms with Crippen LogP contribution in [0.1, 0.15) is 0 Å². The smallest absolute Gasteiger partial charge is 0.196 e. The molecule has 0 radical (unpaired) electrons. The van der Waals surface area contributed by atoms with Gasteiger partial charge in [0.25, 0.3) is 0 Å². The maximum Gasteiger partial charge on any atom is 0.196 e. The van der Waals surface area contributed by atoms with Crippen LogP contribution in [0.2, 0.25) is 0 Å². The predicted octanol–water partition coefficient (Wildman–Crippen LogP) is 0.154. The number of nitrogens with zero attached hydrogens (tertiary/aromatic N) is 3. The highest BCUT2D eigenvalue weighted by Crippen LogP contribution is 2.25. The van der Waals surface area contributed by atoms with Crippen LogP contribution in [0, 0.1) is 0 Å². The third-order valence-electron chi connectivity index (χ3n) is 2.67. The third-order valence-corrected chi connectivity index (χ3v) is 3.94. The van der Waals surface area contributed by atoms with E-state index in [0.717, 1.165) is 17.3 Å². The lowest BCUT2D eigenvalue weighted by molar-refractivity contribution is 0.201. The van der Waals surface area contributed by atoms with Crippen LogP contribution < -0.4 is 5.32 Å². The maximum atomic E-state index is 9.72. The third kappa shape index (κ3) is 1.68. The van der Waals surface area contributed by atoms with Crippen LogP contribution in [0.5, 0.6) is 0 Å². The zero-order chi connectivity index (χ0) is 11.0. The predicted molar refractivity (Wildman–Crippen MR) is 61.5 cm³/mol. The Bertz CT molecular complexity index is 500. The van der Waals surface area contributed by atoms with Crippen molar-refractivity contribution in [3.05, 3.63) is 24.4 Å². The number of rotatable bonds is 2. The molecule has 1 fully saturated rings. The Balaban J connectivity index is 1.89. The topological polar surface area (TPSA) is 62.5 Å². The molecule has 2 aromatic heterocycles. The molecule has 2 unspecified atom stereocenters. The van der Waals surface area contributed by atoms with Crippen molar-refractivity contribution >= 4 is 17.4 Å². The van der Waals surface area contributed by atoms with Gasteiger partial charge in [-0.3, -0.25) is 4.40 Å². The van der Waals surface area contributed by atoms with Crippen LogP contribution >= 0.6 is 11.8 Å². The number of aliphatic hydroxyl groups excluding tert-OH is 1. The van der Waals surface area contributed by atoms with Crippen molar-refractivity contribution < 1.29 is 5.11 Å². The number of hydrogen-bond donors (Lipinski definition) is 2. The Morgan fingerprint density at radius 2 is 2.31 bits per heavy atom. The van der Waals surface area contributed by atoms with Gasteiger partial charge in [-0.2, -0.15) is 0 Å². The average molecular weight is 236 g/mol. The van der Waals surface area contributed by atoms with E-state index in [2.05, 4.69) is 15.5 Å². The lowest BCUT2D eigenvalue weighted by atomic mass is 10.3. The van der Waals surface area contributed by atoms with Gasteiger partial charge in [0, 0.05) is 19.3 Å². The fourth-order valence-corrected chi connectivity index (χ4v) is 2.88. The molecule has 3 rings (SSSR count). The molecule has 1 aliphatic rings. The van der Waals surface area contributed by atoms with Crippen molar-refractivity contribution in [2.75, 3.05) is 13.1 Å². The van der Waals surface area contributed by atoms with Crippen molar-refractivity contribution in [1.82, 2.24) is 19.9 Å². The maximum absolute atomic E-state index is 9.72. The van der Waals surface area contributed by atoms with Crippen molar-refractivity contribution in [3.8, 4) is 0 Å². The molecule has 2 N–H and O–H groups in total. The standard InChI is InChI=1S/C10H12N4OS/c15-7-5-11-6-8(7)16-10-13-12-9-3-1-2-4-14(9)10/h1-4,7-8,11,15H,5-6H2. The number of aliphatic hydroxyl groups is 1. The second kappa shape index (κ2) is 4.04. The summed E-state index contributed by atoms with van der Waals surface area (Å²) in [6, 6.07) is 5.80. The van der Waals surface area contributed by atoms with Crippen LogP contribution in [0.4, 0.5) is 0 Å². The summed E-state index contributed by atoms with van der Waals surface area (Å²) >= 11 is 1.57. The number of hydrogen-bond acceptors (Lipinski definition) is 5. The van der Waals surface area contributed by atoms with E-state index in [1.807, 2.05) is 28.8 Å². The zero-order valence-electron chi connectivity index (χ0n) is 8.58. The molecule has 0 aromatic carbocycles. The molecule has 84 valence electrons. The first-order valence-corrected chi connectivity index (χ1v) is 6.08. The van der Waals surface area contributed by atoms with E-state index in [1.165, 1.54) is 0 Å². The van der Waals surface area contributed by atoms with Crippen LogP contribution in [0.25, 0.3) is 5.65 Å². The Labute approximate surface area is 96.9 Å². The largest absolute Gasteiger partial charge is 0.391 e. The van der Waals surface area contributed by atoms with Gasteiger partial charge in [-0.25, -0.2) is 0 Å². The van der Waals surface area contributed by atoms with Crippen molar-refractivity contribution in [2.45, 2.75) is 16.5 Å². The molecule has 5 nitrogen and oxygen atoms in total. The summed E-state index contributed by atoms with van der Waals surface area (Å²) < 4.78 is 1.94. The molecular formula is C10H12N4OS. The van der Waals surface area contributed by atoms with Gasteiger partial charge in [0.15, 0.2) is 10.8 Å². The van der Waals surface area contributed by atoms with E-state index < -0.39 is 0 Å². The van der Waals surface area contributed by atoms with Gasteiger partial charge in [0.2, 0.25) is 0 Å². The molecule has 0 bridgehead atoms. The molecule has 1 aliphatic heterocycles. The quantitative estimate of drug-likeness (QED) is 0.777. The zero-order valence-corrected chi connectivity index (χ0v) is 9.39. The van der Waals surface area contributed by atoms with Gasteiger partial charge in [0.1, 0.15) is 0 Å². The monoisotopic (exact) mass is 236 g/mol. The van der Waals surface area contributed by atoms with E-state index in [0.29, 0.717) is 6.54 Å². The Morgan fingerprint density at radius 1 is 1.38 bits per heavy atom. The Morgan fingerprint density at radius 3 is 3.12 bits per heavy atom. The van der Waals surface area contributed by atoms with Crippen molar-refractivity contribution in [1.29, 1.82) is 0 Å². The highest BCUT2D eigenvalue weighted by atomic mass is 32.2. The molecule has 1 saturated heterocycles. The average Bonchev–Trinajstić information content (AvgIpc) is 2.88. The molecule has 0 amide bonds. The van der Waals surface area contributed by atoms with E-state index >= 15 is 0 Å². The number of aromatic nitrogens is 3. The first kappa shape index (κ1) is 10.1. The molecular weight excluding hydrogens is 224 g/mol. The first-order valence-electron chi connectivity index (χ1n) is 5.20. The number of pyridine rings is 1. The summed E-state index contributed by atoms with van der Waals surface area (Å²) in [6.45, 7) is 1.47. The molecule has 3 heterocycles. The minimum atomic E-state index is -0.305. The summed E-state index contributed by atoms with van der Waals surface area (Å²) in [4.78, 5) is 0. The van der Waals surface area contributed by atoms with Crippen molar-refractivity contribution in [2.24, 2.45) is 0 Å². The summed E-state index contributed by atoms with van der Waals surface area (Å²) in [6.07, 6.45) is 1.63. The Kier molecular flexibility index (Phi) is 2.55. The number of fused-ring (bicyclic) bond motifs is 1. The minimum Gasteiger partial charge on any atom is -0.391 e. The molecule has 2 aromatic rings. The number of β-amino-alcohol motifs (C(OH)–C–C–N with tert-alkyl or cyclic N) is 1. The lowest BCUT2D eigenvalue weighted by Crippen LogP contribution is -2.20. The van der Waals surface area contributed by atoms with Crippen LogP contribution in [0.3, 0.4) is 0 Å². The highest BCUT2D eigenvalue weighted by Gasteiger charge is 2.27. The normalized spacial score (nSPS) is 25.3. The molecule has 6 heteroatoms. The van der Waals surface area contributed by atoms with Gasteiger partial charge in [0.05, 0.1) is 11.4 Å². The van der Waals surface area contributed by atoms with Gasteiger partial charge >= 0.3 is 0 Å². The fraction of sp³-hybridized carbons (Fsp3) is 0.400. The summed E-state index contributed by atoms with van der Waals surface area (Å²) in [5, 5.41) is 22.1. The van der Waals surface area contributed by atoms with Crippen molar-refractivity contribution in [3.63, 3.8) is 0 Å². The second-order valence-corrected chi connectivity index (χ2v) is 5.00. The highest BCUT2D eigenvalue weighted by molar-refractivity contribution is 7.99. The summed E-state index contributed by atoms with van der Waals surface area (Å²) in [7, 11) is 0. The molecule has 0 spiro atoms. The van der Waals surface area contributed by atoms with Crippen LogP contribution in [-0.4, -0.2) is 44.1 Å². The SMILES string of the molecule is OC1CNCC1Sc1nnc2ccccn12. The lowest BCUT2D eigenvalue weighted by Gasteiger charge is -2.10. The van der Waals surface area contributed by atoms with E-state index in [1.54, 1.807) is 11.8 Å². The minimum absolute atomic E-state index is 0.160. The van der Waals surface area contributed by atoms with Gasteiger partial charge in [-0.1, -0.05) is 17.8 Å². The van der Waals surface area contributed by atoms with E-state index in [-0.39, 0.29) is 11.4 Å². The van der Waals surface area contributed by atoms with Crippen LogP contribution in [0.15, 0.2) is 29.6 Å². The molecule has 0 aliphatic carbocycles. The molecule has 0 saturated carbocycles. The first-order chi connectivity index (χ1) is 7.84. The summed E-state index contributed by atoms with van der Waals surface area (Å²) in [5.74, 6) is 0. The van der Waals surface area contributed by atoms with E-state index in [4.69, 9.17) is 0 Å². The van der Waals surface area contributed by atoms with E-state index in [9.17, 15) is 5.11 Å². The number of thioether (sulfide) groups is 1. The molecule has 16 heavy (non-hydrogen) atoms. The molecule has 2 atom stereocenters. The van der Waals surface area contributed by atoms with Gasteiger partial charge in [-0.05, 0) is 12.1 Å². The van der Waals surface area contributed by atoms with Crippen LogP contribution in [-0.2, 0) is 0 Å². The Hall–Kier alpha value is -1.11. The second-order valence-electron chi connectivity index (χ2n) is 3.79. The van der Waals surface area contributed by atoms with Gasteiger partial charge in [-0.15, -0.1) is 10.2 Å². The van der Waals surface area contributed by atoms with Gasteiger partial charge < -0.3 is 10.4 Å². The fourth-order valence-electron chi connectivity index (χ4n) is 1.80. The number of nitrogens with one attached hydrogen (secondary N) is 1. The summed E-state index contributed by atoms with van der Waals surface area (Å²) in [5.41, 5.74) is 0.838.